The van der Waals surface area contributed by atoms with Crippen LogP contribution in [0.3, 0.4) is 0 Å². The van der Waals surface area contributed by atoms with Crippen molar-refractivity contribution in [1.82, 2.24) is 9.88 Å². The smallest absolute Gasteiger partial charge is 0.230 e. The van der Waals surface area contributed by atoms with Crippen molar-refractivity contribution >= 4 is 32.2 Å². The third-order valence-corrected chi connectivity index (χ3v) is 8.84. The third kappa shape index (κ3) is 5.61. The highest BCUT2D eigenvalue weighted by molar-refractivity contribution is 7.91. The molecule has 2 aromatic carbocycles. The van der Waals surface area contributed by atoms with Crippen molar-refractivity contribution in [3.63, 3.8) is 0 Å². The van der Waals surface area contributed by atoms with Crippen LogP contribution in [-0.2, 0) is 34.1 Å². The fraction of sp³-hybridized carbons (Fsp3) is 0.346. The summed E-state index contributed by atoms with van der Waals surface area (Å²) >= 11 is 1.50. The molecule has 182 valence electrons. The Morgan fingerprint density at radius 1 is 1.17 bits per heavy atom. The van der Waals surface area contributed by atoms with Gasteiger partial charge in [-0.3, -0.25) is 9.69 Å². The summed E-state index contributed by atoms with van der Waals surface area (Å²) in [6.07, 6.45) is 0.148. The van der Waals surface area contributed by atoms with Crippen molar-refractivity contribution in [2.24, 2.45) is 5.92 Å². The molecule has 1 N–H and O–H groups in total. The number of nitrogens with one attached hydrogen (secondary N) is 1. The molecule has 1 aliphatic heterocycles. The Bertz CT molecular complexity index is 1360. The molecule has 0 radical (unpaired) electrons. The second-order valence-corrected chi connectivity index (χ2v) is 12.4. The van der Waals surface area contributed by atoms with Gasteiger partial charge in [0.2, 0.25) is 5.91 Å². The van der Waals surface area contributed by atoms with Crippen molar-refractivity contribution in [3.05, 3.63) is 75.8 Å². The molecule has 0 spiro atoms. The Kier molecular flexibility index (Phi) is 7.36. The number of nitriles is 1. The van der Waals surface area contributed by atoms with Gasteiger partial charge in [0, 0.05) is 18.0 Å². The number of carbonyl (C=O) groups is 1. The summed E-state index contributed by atoms with van der Waals surface area (Å²) in [5.74, 6) is 0.210. The number of hydrogen-bond donors (Lipinski definition) is 1. The van der Waals surface area contributed by atoms with Gasteiger partial charge in [-0.1, -0.05) is 45.0 Å². The molecule has 4 rings (SSSR count). The van der Waals surface area contributed by atoms with Gasteiger partial charge in [-0.25, -0.2) is 13.4 Å². The Morgan fingerprint density at radius 3 is 2.43 bits per heavy atom. The lowest BCUT2D eigenvalue weighted by molar-refractivity contribution is -0.115. The van der Waals surface area contributed by atoms with Crippen LogP contribution in [-0.4, -0.2) is 30.0 Å². The maximum absolute atomic E-state index is 12.6. The van der Waals surface area contributed by atoms with E-state index in [0.29, 0.717) is 16.6 Å². The van der Waals surface area contributed by atoms with Crippen LogP contribution in [0.25, 0.3) is 0 Å². The van der Waals surface area contributed by atoms with Crippen LogP contribution in [0.5, 0.6) is 0 Å². The molecule has 0 aliphatic carbocycles. The normalized spacial score (nSPS) is 15.7. The number of amides is 1. The molecule has 1 aromatic heterocycles. The molecule has 1 unspecified atom stereocenters. The molecule has 0 fully saturated rings. The molecule has 9 heteroatoms. The summed E-state index contributed by atoms with van der Waals surface area (Å²) in [6.45, 7) is 7.48. The number of aromatic nitrogens is 1. The van der Waals surface area contributed by atoms with Crippen molar-refractivity contribution in [3.8, 4) is 6.07 Å². The van der Waals surface area contributed by atoms with Gasteiger partial charge in [-0.05, 0) is 41.3 Å². The number of fused-ring (bicyclic) bond motifs is 1. The van der Waals surface area contributed by atoms with Crippen molar-refractivity contribution in [2.75, 3.05) is 11.1 Å². The van der Waals surface area contributed by atoms with Crippen LogP contribution in [0.2, 0.25) is 0 Å². The summed E-state index contributed by atoms with van der Waals surface area (Å²) in [7, 11) is -3.26. The van der Waals surface area contributed by atoms with Crippen molar-refractivity contribution in [2.45, 2.75) is 51.2 Å². The SMILES string of the molecule is CCS(=O)(=O)c1ccc(CC(=O)Nc2nc3c(s2)CN(Cc2ccc(C#N)cc2)C3C(C)C)cc1. The van der Waals surface area contributed by atoms with Gasteiger partial charge in [0.05, 0.1) is 40.4 Å². The maximum Gasteiger partial charge on any atom is 0.230 e. The lowest BCUT2D eigenvalue weighted by atomic mass is 10.0. The first kappa shape index (κ1) is 25.0. The Labute approximate surface area is 210 Å². The van der Waals surface area contributed by atoms with Gasteiger partial charge >= 0.3 is 0 Å². The summed E-state index contributed by atoms with van der Waals surface area (Å²) in [5.41, 5.74) is 3.56. The number of carbonyl (C=O) groups excluding carboxylic acids is 1. The average molecular weight is 509 g/mol. The van der Waals surface area contributed by atoms with Gasteiger partial charge in [-0.2, -0.15) is 5.26 Å². The summed E-state index contributed by atoms with van der Waals surface area (Å²) < 4.78 is 23.9. The van der Waals surface area contributed by atoms with E-state index < -0.39 is 9.84 Å². The Hall–Kier alpha value is -3.06. The Balaban J connectivity index is 1.41. The van der Waals surface area contributed by atoms with Crippen LogP contribution in [0.4, 0.5) is 5.13 Å². The second-order valence-electron chi connectivity index (χ2n) is 9.00. The molecule has 0 saturated heterocycles. The Morgan fingerprint density at radius 2 is 1.83 bits per heavy atom. The first-order valence-corrected chi connectivity index (χ1v) is 14.0. The standard InChI is InChI=1S/C26H28N4O3S2/c1-4-35(32,33)21-11-9-18(10-12-21)13-23(31)28-26-29-24-22(34-26)16-30(25(24)17(2)3)15-20-7-5-19(14-27)6-8-20/h5-12,17,25H,4,13,15-16H2,1-3H3,(H,28,29,31). The molecule has 7 nitrogen and oxygen atoms in total. The van der Waals surface area contributed by atoms with E-state index in [1.54, 1.807) is 31.2 Å². The van der Waals surface area contributed by atoms with E-state index in [0.717, 1.165) is 34.8 Å². The average Bonchev–Trinajstić information content (AvgIpc) is 3.36. The lowest BCUT2D eigenvalue weighted by Gasteiger charge is -2.27. The van der Waals surface area contributed by atoms with E-state index in [1.807, 2.05) is 24.3 Å². The minimum absolute atomic E-state index is 0.0455. The van der Waals surface area contributed by atoms with E-state index in [1.165, 1.54) is 11.3 Å². The number of hydrogen-bond acceptors (Lipinski definition) is 7. The minimum atomic E-state index is -3.26. The first-order chi connectivity index (χ1) is 16.7. The van der Waals surface area contributed by atoms with Gasteiger partial charge in [0.1, 0.15) is 0 Å². The van der Waals surface area contributed by atoms with Crippen LogP contribution in [0.1, 0.15) is 54.1 Å². The van der Waals surface area contributed by atoms with Gasteiger partial charge < -0.3 is 5.32 Å². The predicted molar refractivity (Wildman–Crippen MR) is 137 cm³/mol. The van der Waals surface area contributed by atoms with E-state index in [4.69, 9.17) is 10.2 Å². The van der Waals surface area contributed by atoms with Crippen LogP contribution in [0, 0.1) is 17.2 Å². The molecule has 1 amide bonds. The molecule has 2 heterocycles. The summed E-state index contributed by atoms with van der Waals surface area (Å²) in [4.78, 5) is 21.2. The summed E-state index contributed by atoms with van der Waals surface area (Å²) in [6, 6.07) is 16.4. The molecule has 35 heavy (non-hydrogen) atoms. The fourth-order valence-corrected chi connectivity index (χ4v) is 6.29. The highest BCUT2D eigenvalue weighted by atomic mass is 32.2. The monoisotopic (exact) mass is 508 g/mol. The zero-order valence-electron chi connectivity index (χ0n) is 20.0. The second kappa shape index (κ2) is 10.3. The lowest BCUT2D eigenvalue weighted by Crippen LogP contribution is -2.26. The van der Waals surface area contributed by atoms with Crippen LogP contribution in [0.15, 0.2) is 53.4 Å². The minimum Gasteiger partial charge on any atom is -0.302 e. The van der Waals surface area contributed by atoms with Crippen LogP contribution < -0.4 is 5.32 Å². The van der Waals surface area contributed by atoms with Crippen LogP contribution >= 0.6 is 11.3 Å². The molecule has 1 aliphatic rings. The van der Waals surface area contributed by atoms with E-state index in [9.17, 15) is 13.2 Å². The van der Waals surface area contributed by atoms with Crippen molar-refractivity contribution < 1.29 is 13.2 Å². The van der Waals surface area contributed by atoms with E-state index in [-0.39, 0.29) is 29.0 Å². The van der Waals surface area contributed by atoms with E-state index in [2.05, 4.69) is 30.1 Å². The topological polar surface area (TPSA) is 103 Å². The van der Waals surface area contributed by atoms with Gasteiger partial charge in [-0.15, -0.1) is 11.3 Å². The fourth-order valence-electron chi connectivity index (χ4n) is 4.36. The number of rotatable bonds is 8. The molecule has 0 bridgehead atoms. The highest BCUT2D eigenvalue weighted by Gasteiger charge is 2.36. The molecule has 1 atom stereocenters. The van der Waals surface area contributed by atoms with Gasteiger partial charge in [0.25, 0.3) is 0 Å². The molecule has 0 saturated carbocycles. The predicted octanol–water partition coefficient (Wildman–Crippen LogP) is 4.70. The first-order valence-electron chi connectivity index (χ1n) is 11.5. The largest absolute Gasteiger partial charge is 0.302 e. The zero-order chi connectivity index (χ0) is 25.2. The quantitative estimate of drug-likeness (QED) is 0.473. The summed E-state index contributed by atoms with van der Waals surface area (Å²) in [5, 5.41) is 12.5. The third-order valence-electron chi connectivity index (χ3n) is 6.12. The van der Waals surface area contributed by atoms with Crippen molar-refractivity contribution in [1.29, 1.82) is 5.26 Å². The highest BCUT2D eigenvalue weighted by Crippen LogP contribution is 2.43. The number of anilines is 1. The molecular weight excluding hydrogens is 480 g/mol. The number of nitrogens with zero attached hydrogens (tertiary/aromatic N) is 3. The number of sulfone groups is 1. The molecular formula is C26H28N4O3S2. The molecule has 3 aromatic rings. The number of thiazole rings is 1. The number of benzene rings is 2. The maximum atomic E-state index is 12.6. The van der Waals surface area contributed by atoms with E-state index >= 15 is 0 Å². The zero-order valence-corrected chi connectivity index (χ0v) is 21.6. The van der Waals surface area contributed by atoms with Gasteiger partial charge in [0.15, 0.2) is 15.0 Å².